The summed E-state index contributed by atoms with van der Waals surface area (Å²) in [5, 5.41) is 5.94. The first-order valence-corrected chi connectivity index (χ1v) is 11.2. The molecule has 1 aliphatic carbocycles. The predicted molar refractivity (Wildman–Crippen MR) is 127 cm³/mol. The van der Waals surface area contributed by atoms with Gasteiger partial charge in [-0.25, -0.2) is 9.97 Å². The van der Waals surface area contributed by atoms with Gasteiger partial charge in [-0.3, -0.25) is 19.1 Å². The monoisotopic (exact) mass is 447 g/mol. The van der Waals surface area contributed by atoms with Gasteiger partial charge in [-0.1, -0.05) is 12.1 Å². The van der Waals surface area contributed by atoms with E-state index >= 15 is 0 Å². The maximum atomic E-state index is 12.9. The second kappa shape index (κ2) is 9.81. The molecule has 3 aromatic rings. The Balaban J connectivity index is 1.36. The molecule has 3 aromatic heterocycles. The van der Waals surface area contributed by atoms with Gasteiger partial charge in [0.05, 0.1) is 0 Å². The molecule has 0 atom stereocenters. The number of nitrogens with two attached hydrogens (primary N) is 1. The minimum absolute atomic E-state index is 0.0876. The number of carbonyl (C=O) groups excluding carboxylic acids is 1. The molecule has 1 amide bonds. The Morgan fingerprint density at radius 3 is 2.82 bits per heavy atom. The van der Waals surface area contributed by atoms with Crippen LogP contribution in [0.1, 0.15) is 40.3 Å². The average Bonchev–Trinajstić information content (AvgIpc) is 3.25. The molecule has 9 nitrogen and oxygen atoms in total. The van der Waals surface area contributed by atoms with Gasteiger partial charge in [0.25, 0.3) is 5.56 Å². The molecular formula is C24H29N7O2. The summed E-state index contributed by atoms with van der Waals surface area (Å²) in [5.41, 5.74) is 11.1. The molecule has 0 spiro atoms. The smallest absolute Gasteiger partial charge is 0.293 e. The first-order chi connectivity index (χ1) is 15.9. The van der Waals surface area contributed by atoms with Crippen molar-refractivity contribution < 1.29 is 4.79 Å². The molecule has 0 radical (unpaired) electrons. The first kappa shape index (κ1) is 22.4. The second-order valence-electron chi connectivity index (χ2n) is 8.34. The minimum Gasteiger partial charge on any atom is -0.384 e. The fourth-order valence-electron chi connectivity index (χ4n) is 3.99. The summed E-state index contributed by atoms with van der Waals surface area (Å²) in [6, 6.07) is 7.74. The van der Waals surface area contributed by atoms with E-state index in [0.717, 1.165) is 29.8 Å². The summed E-state index contributed by atoms with van der Waals surface area (Å²) in [6.45, 7) is 4.36. The van der Waals surface area contributed by atoms with Gasteiger partial charge < -0.3 is 16.4 Å². The number of pyridine rings is 2. The number of nitrogens with one attached hydrogen (secondary N) is 2. The lowest BCUT2D eigenvalue weighted by Crippen LogP contribution is -2.34. The van der Waals surface area contributed by atoms with Gasteiger partial charge in [0.1, 0.15) is 12.4 Å². The molecule has 4 N–H and O–H groups in total. The predicted octanol–water partition coefficient (Wildman–Crippen LogP) is 1.69. The highest BCUT2D eigenvalue weighted by Crippen LogP contribution is 2.20. The van der Waals surface area contributed by atoms with Crippen LogP contribution < -0.4 is 21.9 Å². The number of carbonyl (C=O) groups is 1. The van der Waals surface area contributed by atoms with Crippen LogP contribution in [0.2, 0.25) is 0 Å². The Morgan fingerprint density at radius 2 is 2.00 bits per heavy atom. The Bertz CT molecular complexity index is 1240. The van der Waals surface area contributed by atoms with Crippen molar-refractivity contribution in [3.63, 3.8) is 0 Å². The highest BCUT2D eigenvalue weighted by Gasteiger charge is 2.14. The number of nitrogens with zero attached hydrogens (tertiary/aromatic N) is 4. The maximum Gasteiger partial charge on any atom is 0.293 e. The number of rotatable bonds is 8. The zero-order valence-corrected chi connectivity index (χ0v) is 19.0. The summed E-state index contributed by atoms with van der Waals surface area (Å²) in [7, 11) is 0. The number of hydrogen-bond acceptors (Lipinski definition) is 7. The minimum atomic E-state index is -0.322. The lowest BCUT2D eigenvalue weighted by molar-refractivity contribution is -0.121. The molecule has 172 valence electrons. The summed E-state index contributed by atoms with van der Waals surface area (Å²) < 4.78 is 1.42. The number of aryl methyl sites for hydroxylation is 4. The SMILES string of the molecule is Cc1nc(N)ccc1CNC(=O)Cn1c(C)cnc(NCCc2ccc3c(n2)CCC3)c1=O. The first-order valence-electron chi connectivity index (χ1n) is 11.2. The molecule has 9 heteroatoms. The van der Waals surface area contributed by atoms with Gasteiger partial charge in [0.2, 0.25) is 5.91 Å². The van der Waals surface area contributed by atoms with Crippen LogP contribution in [-0.2, 0) is 37.1 Å². The van der Waals surface area contributed by atoms with Gasteiger partial charge in [-0.05, 0) is 56.4 Å². The van der Waals surface area contributed by atoms with E-state index in [1.807, 2.05) is 13.0 Å². The fourth-order valence-corrected chi connectivity index (χ4v) is 3.99. The van der Waals surface area contributed by atoms with Crippen LogP contribution in [0.25, 0.3) is 0 Å². The third kappa shape index (κ3) is 5.36. The summed E-state index contributed by atoms with van der Waals surface area (Å²) >= 11 is 0. The number of amides is 1. The van der Waals surface area contributed by atoms with Crippen molar-refractivity contribution in [2.75, 3.05) is 17.6 Å². The third-order valence-corrected chi connectivity index (χ3v) is 5.91. The maximum absolute atomic E-state index is 12.9. The topological polar surface area (TPSA) is 128 Å². The van der Waals surface area contributed by atoms with Gasteiger partial charge >= 0.3 is 0 Å². The highest BCUT2D eigenvalue weighted by atomic mass is 16.2. The summed E-state index contributed by atoms with van der Waals surface area (Å²) in [4.78, 5) is 38.6. The highest BCUT2D eigenvalue weighted by molar-refractivity contribution is 5.75. The molecule has 0 aliphatic heterocycles. The van der Waals surface area contributed by atoms with Crippen molar-refractivity contribution in [3.05, 3.63) is 74.7 Å². The molecule has 1 aliphatic rings. The average molecular weight is 448 g/mol. The largest absolute Gasteiger partial charge is 0.384 e. The van der Waals surface area contributed by atoms with Crippen LogP contribution in [0, 0.1) is 13.8 Å². The van der Waals surface area contributed by atoms with E-state index < -0.39 is 0 Å². The van der Waals surface area contributed by atoms with E-state index in [0.29, 0.717) is 31.0 Å². The number of nitrogen functional groups attached to an aromatic ring is 1. The number of hydrogen-bond donors (Lipinski definition) is 3. The van der Waals surface area contributed by atoms with Crippen LogP contribution in [0.4, 0.5) is 11.6 Å². The number of fused-ring (bicyclic) bond motifs is 1. The Kier molecular flexibility index (Phi) is 6.67. The molecule has 33 heavy (non-hydrogen) atoms. The molecule has 0 fully saturated rings. The summed E-state index contributed by atoms with van der Waals surface area (Å²) in [6.07, 6.45) is 5.60. The molecule has 0 saturated carbocycles. The van der Waals surface area contributed by atoms with Crippen LogP contribution in [0.3, 0.4) is 0 Å². The standard InChI is InChI=1S/C24H29N7O2/c1-15-12-28-23(26-11-10-19-8-6-17-4-3-5-20(17)30-19)24(33)31(15)14-22(32)27-13-18-7-9-21(25)29-16(18)2/h6-9,12H,3-5,10-11,13-14H2,1-2H3,(H2,25,29)(H,26,28)(H,27,32). The van der Waals surface area contributed by atoms with Gasteiger partial charge in [-0.2, -0.15) is 0 Å². The van der Waals surface area contributed by atoms with Gasteiger partial charge in [0.15, 0.2) is 5.82 Å². The van der Waals surface area contributed by atoms with E-state index in [1.165, 1.54) is 22.2 Å². The zero-order valence-electron chi connectivity index (χ0n) is 19.0. The lowest BCUT2D eigenvalue weighted by atomic mass is 10.2. The zero-order chi connectivity index (χ0) is 23.4. The number of anilines is 2. The Labute approximate surface area is 192 Å². The molecule has 0 bridgehead atoms. The van der Waals surface area contributed by atoms with Crippen molar-refractivity contribution in [2.45, 2.75) is 52.6 Å². The molecule has 0 aromatic carbocycles. The van der Waals surface area contributed by atoms with Crippen molar-refractivity contribution in [1.29, 1.82) is 0 Å². The van der Waals surface area contributed by atoms with Crippen molar-refractivity contribution in [3.8, 4) is 0 Å². The van der Waals surface area contributed by atoms with Gasteiger partial charge in [0, 0.05) is 48.5 Å². The van der Waals surface area contributed by atoms with E-state index in [9.17, 15) is 9.59 Å². The quantitative estimate of drug-likeness (QED) is 0.479. The van der Waals surface area contributed by atoms with Crippen molar-refractivity contribution >= 4 is 17.5 Å². The fraction of sp³-hybridized carbons (Fsp3) is 0.375. The van der Waals surface area contributed by atoms with Crippen molar-refractivity contribution in [1.82, 2.24) is 24.8 Å². The molecule has 3 heterocycles. The van der Waals surface area contributed by atoms with Crippen molar-refractivity contribution in [2.24, 2.45) is 0 Å². The van der Waals surface area contributed by atoms with Crippen LogP contribution >= 0.6 is 0 Å². The van der Waals surface area contributed by atoms with Crippen LogP contribution in [-0.4, -0.2) is 32.0 Å². The molecule has 4 rings (SSSR count). The second-order valence-corrected chi connectivity index (χ2v) is 8.34. The van der Waals surface area contributed by atoms with Gasteiger partial charge in [-0.15, -0.1) is 0 Å². The van der Waals surface area contributed by atoms with E-state index in [-0.39, 0.29) is 23.8 Å². The third-order valence-electron chi connectivity index (χ3n) is 5.91. The summed E-state index contributed by atoms with van der Waals surface area (Å²) in [5.74, 6) is 0.401. The molecular weight excluding hydrogens is 418 g/mol. The Hall–Kier alpha value is -3.75. The Morgan fingerprint density at radius 1 is 1.15 bits per heavy atom. The normalized spacial score (nSPS) is 12.4. The van der Waals surface area contributed by atoms with Crippen LogP contribution in [0.15, 0.2) is 35.3 Å². The molecule has 0 unspecified atom stereocenters. The lowest BCUT2D eigenvalue weighted by Gasteiger charge is -2.13. The van der Waals surface area contributed by atoms with Crippen LogP contribution in [0.5, 0.6) is 0 Å². The van der Waals surface area contributed by atoms with E-state index in [4.69, 9.17) is 10.7 Å². The number of aromatic nitrogens is 4. The van der Waals surface area contributed by atoms with E-state index in [2.05, 4.69) is 32.7 Å². The molecule has 0 saturated heterocycles. The van der Waals surface area contributed by atoms with E-state index in [1.54, 1.807) is 19.2 Å².